The first-order valence-electron chi connectivity index (χ1n) is 5.86. The molecule has 2 rings (SSSR count). The van der Waals surface area contributed by atoms with Crippen LogP contribution in [0.4, 0.5) is 0 Å². The van der Waals surface area contributed by atoms with Crippen LogP contribution in [0.2, 0.25) is 0 Å². The van der Waals surface area contributed by atoms with E-state index in [1.54, 1.807) is 10.4 Å². The van der Waals surface area contributed by atoms with Gasteiger partial charge in [-0.25, -0.2) is 8.42 Å². The number of alkyl halides is 1. The average molecular weight is 373 g/mol. The van der Waals surface area contributed by atoms with Crippen LogP contribution in [-0.2, 0) is 15.9 Å². The molecule has 0 bridgehead atoms. The number of hydrogen-bond acceptors (Lipinski definition) is 3. The van der Waals surface area contributed by atoms with E-state index < -0.39 is 10.0 Å². The summed E-state index contributed by atoms with van der Waals surface area (Å²) in [5.74, 6) is 0.343. The minimum Gasteiger partial charge on any atom is -0.207 e. The van der Waals surface area contributed by atoms with Crippen molar-refractivity contribution in [2.75, 3.05) is 6.54 Å². The summed E-state index contributed by atoms with van der Waals surface area (Å²) >= 11 is 10.5. The summed E-state index contributed by atoms with van der Waals surface area (Å²) in [5, 5.41) is 0. The van der Waals surface area contributed by atoms with Gasteiger partial charge >= 0.3 is 0 Å². The lowest BCUT2D eigenvalue weighted by molar-refractivity contribution is 0.379. The van der Waals surface area contributed by atoms with Gasteiger partial charge in [0.25, 0.3) is 0 Å². The van der Waals surface area contributed by atoms with Crippen molar-refractivity contribution in [3.8, 4) is 0 Å². The number of sulfonamides is 1. The molecule has 0 aliphatic carbocycles. The zero-order chi connectivity index (χ0) is 13.3. The fourth-order valence-electron chi connectivity index (χ4n) is 2.30. The first-order chi connectivity index (χ1) is 8.50. The van der Waals surface area contributed by atoms with Crippen molar-refractivity contribution in [1.82, 2.24) is 4.31 Å². The number of nitrogens with zero attached hydrogens (tertiary/aromatic N) is 1. The molecule has 1 atom stereocenters. The molecule has 18 heavy (non-hydrogen) atoms. The third-order valence-corrected chi connectivity index (χ3v) is 7.87. The van der Waals surface area contributed by atoms with Gasteiger partial charge in [-0.1, -0.05) is 6.92 Å². The van der Waals surface area contributed by atoms with Gasteiger partial charge in [0.1, 0.15) is 4.90 Å². The van der Waals surface area contributed by atoms with Gasteiger partial charge in [0, 0.05) is 17.5 Å². The number of halogens is 2. The molecule has 1 aromatic heterocycles. The number of hydrogen-bond donors (Lipinski definition) is 0. The van der Waals surface area contributed by atoms with Gasteiger partial charge < -0.3 is 0 Å². The Morgan fingerprint density at radius 3 is 2.89 bits per heavy atom. The van der Waals surface area contributed by atoms with Crippen molar-refractivity contribution in [2.24, 2.45) is 0 Å². The Balaban J connectivity index is 2.38. The quantitative estimate of drug-likeness (QED) is 0.754. The van der Waals surface area contributed by atoms with Crippen molar-refractivity contribution in [2.45, 2.75) is 43.0 Å². The molecule has 7 heteroatoms. The molecular formula is C11H15BrClNO2S2. The van der Waals surface area contributed by atoms with Gasteiger partial charge in [-0.3, -0.25) is 0 Å². The predicted molar refractivity (Wildman–Crippen MR) is 78.8 cm³/mol. The highest BCUT2D eigenvalue weighted by Gasteiger charge is 2.36. The molecule has 0 aromatic carbocycles. The standard InChI is InChI=1S/C11H15BrClNO2S2/c1-2-8-4-3-5-14(8)18(15,16)10-6-9(7-13)17-11(10)12/h6,8H,2-5,7H2,1H3. The smallest absolute Gasteiger partial charge is 0.207 e. The Hall–Kier alpha value is 0.380. The molecule has 2 heterocycles. The number of rotatable bonds is 4. The van der Waals surface area contributed by atoms with E-state index in [0.717, 1.165) is 24.1 Å². The summed E-state index contributed by atoms with van der Waals surface area (Å²) in [7, 11) is -3.38. The summed E-state index contributed by atoms with van der Waals surface area (Å²) in [6.07, 6.45) is 2.77. The second kappa shape index (κ2) is 5.79. The Morgan fingerprint density at radius 2 is 2.33 bits per heavy atom. The molecule has 3 nitrogen and oxygen atoms in total. The molecule has 1 aliphatic rings. The Morgan fingerprint density at radius 1 is 1.61 bits per heavy atom. The zero-order valence-corrected chi connectivity index (χ0v) is 14.0. The highest BCUT2D eigenvalue weighted by molar-refractivity contribution is 9.11. The van der Waals surface area contributed by atoms with E-state index in [2.05, 4.69) is 15.9 Å². The van der Waals surface area contributed by atoms with E-state index in [1.807, 2.05) is 6.92 Å². The van der Waals surface area contributed by atoms with Crippen LogP contribution in [0.3, 0.4) is 0 Å². The van der Waals surface area contributed by atoms with Gasteiger partial charge in [-0.05, 0) is 41.3 Å². The first-order valence-corrected chi connectivity index (χ1v) is 9.45. The van der Waals surface area contributed by atoms with Crippen LogP contribution in [-0.4, -0.2) is 25.3 Å². The lowest BCUT2D eigenvalue weighted by Crippen LogP contribution is -2.35. The minimum absolute atomic E-state index is 0.140. The molecule has 0 amide bonds. The third-order valence-electron chi connectivity index (χ3n) is 3.22. The largest absolute Gasteiger partial charge is 0.245 e. The second-order valence-electron chi connectivity index (χ2n) is 4.30. The molecule has 0 spiro atoms. The van der Waals surface area contributed by atoms with Crippen molar-refractivity contribution >= 4 is 48.9 Å². The monoisotopic (exact) mass is 371 g/mol. The Bertz CT molecular complexity index is 529. The van der Waals surface area contributed by atoms with Gasteiger partial charge in [-0.15, -0.1) is 22.9 Å². The van der Waals surface area contributed by atoms with Crippen LogP contribution in [0.15, 0.2) is 14.7 Å². The molecule has 102 valence electrons. The second-order valence-corrected chi connectivity index (χ2v) is 8.89. The van der Waals surface area contributed by atoms with Crippen LogP contribution in [0.25, 0.3) is 0 Å². The van der Waals surface area contributed by atoms with Gasteiger partial charge in [0.05, 0.1) is 9.67 Å². The van der Waals surface area contributed by atoms with Crippen molar-refractivity contribution in [1.29, 1.82) is 0 Å². The minimum atomic E-state index is -3.38. The van der Waals surface area contributed by atoms with Crippen LogP contribution < -0.4 is 0 Å². The molecule has 0 saturated carbocycles. The van der Waals surface area contributed by atoms with Crippen LogP contribution in [0.1, 0.15) is 31.1 Å². The highest BCUT2D eigenvalue weighted by Crippen LogP contribution is 2.36. The lowest BCUT2D eigenvalue weighted by Gasteiger charge is -2.22. The van der Waals surface area contributed by atoms with E-state index in [4.69, 9.17) is 11.6 Å². The molecule has 1 saturated heterocycles. The maximum absolute atomic E-state index is 12.6. The lowest BCUT2D eigenvalue weighted by atomic mass is 10.2. The van der Waals surface area contributed by atoms with Gasteiger partial charge in [-0.2, -0.15) is 4.31 Å². The normalized spacial score (nSPS) is 21.6. The molecule has 1 fully saturated rings. The number of thiophene rings is 1. The highest BCUT2D eigenvalue weighted by atomic mass is 79.9. The zero-order valence-electron chi connectivity index (χ0n) is 10.0. The van der Waals surface area contributed by atoms with E-state index in [1.165, 1.54) is 11.3 Å². The molecule has 1 aliphatic heterocycles. The van der Waals surface area contributed by atoms with E-state index in [0.29, 0.717) is 21.1 Å². The SMILES string of the molecule is CCC1CCCN1S(=O)(=O)c1cc(CCl)sc1Br. The summed E-state index contributed by atoms with van der Waals surface area (Å²) in [5.41, 5.74) is 0. The summed E-state index contributed by atoms with van der Waals surface area (Å²) in [6, 6.07) is 1.82. The fraction of sp³-hybridized carbons (Fsp3) is 0.636. The van der Waals surface area contributed by atoms with Crippen molar-refractivity contribution in [3.63, 3.8) is 0 Å². The Labute approximate surface area is 125 Å². The van der Waals surface area contributed by atoms with Gasteiger partial charge in [0.15, 0.2) is 0 Å². The molecule has 0 radical (unpaired) electrons. The summed E-state index contributed by atoms with van der Waals surface area (Å²) in [4.78, 5) is 1.23. The summed E-state index contributed by atoms with van der Waals surface area (Å²) in [6.45, 7) is 2.66. The fourth-order valence-corrected chi connectivity index (χ4v) is 6.79. The van der Waals surface area contributed by atoms with E-state index >= 15 is 0 Å². The average Bonchev–Trinajstić information content (AvgIpc) is 2.94. The van der Waals surface area contributed by atoms with Crippen LogP contribution in [0, 0.1) is 0 Å². The van der Waals surface area contributed by atoms with Gasteiger partial charge in [0.2, 0.25) is 10.0 Å². The van der Waals surface area contributed by atoms with E-state index in [9.17, 15) is 8.42 Å². The maximum Gasteiger partial charge on any atom is 0.245 e. The van der Waals surface area contributed by atoms with E-state index in [-0.39, 0.29) is 6.04 Å². The molecule has 1 unspecified atom stereocenters. The van der Waals surface area contributed by atoms with Crippen molar-refractivity contribution < 1.29 is 8.42 Å². The molecule has 0 N–H and O–H groups in total. The Kier molecular flexibility index (Phi) is 4.75. The first kappa shape index (κ1) is 14.8. The third kappa shape index (κ3) is 2.63. The molecular weight excluding hydrogens is 358 g/mol. The molecule has 1 aromatic rings. The van der Waals surface area contributed by atoms with Crippen LogP contribution >= 0.6 is 38.9 Å². The van der Waals surface area contributed by atoms with Crippen molar-refractivity contribution in [3.05, 3.63) is 14.7 Å². The van der Waals surface area contributed by atoms with Crippen LogP contribution in [0.5, 0.6) is 0 Å². The maximum atomic E-state index is 12.6. The topological polar surface area (TPSA) is 37.4 Å². The summed E-state index contributed by atoms with van der Waals surface area (Å²) < 4.78 is 27.5. The predicted octanol–water partition coefficient (Wildman–Crippen LogP) is 3.81.